The second-order valence-electron chi connectivity index (χ2n) is 12.0. The Morgan fingerprint density at radius 2 is 1.82 bits per heavy atom. The third-order valence-corrected chi connectivity index (χ3v) is 12.9. The second-order valence-corrected chi connectivity index (χ2v) is 16.8. The van der Waals surface area contributed by atoms with Gasteiger partial charge in [0.25, 0.3) is 0 Å². The first kappa shape index (κ1) is 27.4. The zero-order valence-corrected chi connectivity index (χ0v) is 23.5. The van der Waals surface area contributed by atoms with Gasteiger partial charge in [-0.15, -0.1) is 0 Å². The highest BCUT2D eigenvalue weighted by Gasteiger charge is 2.48. The van der Waals surface area contributed by atoms with Crippen LogP contribution in [0.5, 0.6) is 0 Å². The van der Waals surface area contributed by atoms with Gasteiger partial charge in [-0.3, -0.25) is 0 Å². The van der Waals surface area contributed by atoms with Gasteiger partial charge in [0, 0.05) is 19.6 Å². The summed E-state index contributed by atoms with van der Waals surface area (Å²) in [4.78, 5) is 0. The van der Waals surface area contributed by atoms with Crippen LogP contribution in [0.3, 0.4) is 0 Å². The molecule has 1 N–H and O–H groups in total. The van der Waals surface area contributed by atoms with E-state index in [1.807, 2.05) is 6.08 Å². The highest BCUT2D eigenvalue weighted by molar-refractivity contribution is 6.74. The number of ether oxygens (including phenoxy) is 1. The second kappa shape index (κ2) is 11.7. The maximum absolute atomic E-state index is 12.0. The summed E-state index contributed by atoms with van der Waals surface area (Å²) in [5.74, 6) is 0.649. The fraction of sp³-hybridized carbons (Fsp3) is 0.667. The monoisotopic (exact) mass is 484 g/mol. The molecule has 0 bridgehead atoms. The van der Waals surface area contributed by atoms with E-state index in [-0.39, 0.29) is 17.1 Å². The summed E-state index contributed by atoms with van der Waals surface area (Å²) in [5, 5.41) is 12.1. The molecule has 34 heavy (non-hydrogen) atoms. The first-order valence-electron chi connectivity index (χ1n) is 13.4. The van der Waals surface area contributed by atoms with E-state index in [2.05, 4.69) is 76.4 Å². The summed E-state index contributed by atoms with van der Waals surface area (Å²) < 4.78 is 12.2. The molecule has 0 spiro atoms. The Bertz CT molecular complexity index is 832. The lowest BCUT2D eigenvalue weighted by molar-refractivity contribution is 0.0728. The predicted molar refractivity (Wildman–Crippen MR) is 146 cm³/mol. The smallest absolute Gasteiger partial charge is 0.192 e. The van der Waals surface area contributed by atoms with Gasteiger partial charge in [0.15, 0.2) is 8.32 Å². The summed E-state index contributed by atoms with van der Waals surface area (Å²) >= 11 is 0. The number of aliphatic hydroxyl groups is 1. The molecule has 0 amide bonds. The van der Waals surface area contributed by atoms with E-state index in [1.54, 1.807) is 7.11 Å². The molecule has 2 aliphatic rings. The Kier molecular flexibility index (Phi) is 9.41. The zero-order valence-electron chi connectivity index (χ0n) is 22.5. The van der Waals surface area contributed by atoms with Gasteiger partial charge in [-0.25, -0.2) is 0 Å². The minimum atomic E-state index is -2.02. The fourth-order valence-electron chi connectivity index (χ4n) is 5.26. The number of rotatable bonds is 11. The van der Waals surface area contributed by atoms with Crippen molar-refractivity contribution in [1.29, 1.82) is 0 Å². The minimum absolute atomic E-state index is 0.115. The maximum atomic E-state index is 12.0. The van der Waals surface area contributed by atoms with Crippen molar-refractivity contribution in [3.8, 4) is 0 Å². The van der Waals surface area contributed by atoms with Crippen LogP contribution >= 0.6 is 0 Å². The van der Waals surface area contributed by atoms with Gasteiger partial charge in [-0.05, 0) is 66.9 Å². The topological polar surface area (TPSA) is 38.7 Å². The molecular formula is C30H48O3Si. The van der Waals surface area contributed by atoms with E-state index in [9.17, 15) is 5.11 Å². The summed E-state index contributed by atoms with van der Waals surface area (Å²) in [6.45, 7) is 12.3. The molecule has 1 aromatic rings. The van der Waals surface area contributed by atoms with Crippen molar-refractivity contribution in [2.75, 3.05) is 13.7 Å². The minimum Gasteiger partial charge on any atom is -0.410 e. The van der Waals surface area contributed by atoms with Crippen LogP contribution in [-0.2, 0) is 15.6 Å². The lowest BCUT2D eigenvalue weighted by atomic mass is 9.79. The molecule has 0 saturated heterocycles. The molecule has 1 saturated carbocycles. The number of hydrogen-bond donors (Lipinski definition) is 1. The van der Waals surface area contributed by atoms with Crippen molar-refractivity contribution in [2.45, 2.75) is 108 Å². The average Bonchev–Trinajstić information content (AvgIpc) is 3.39. The van der Waals surface area contributed by atoms with Crippen LogP contribution in [-0.4, -0.2) is 38.8 Å². The van der Waals surface area contributed by atoms with Crippen molar-refractivity contribution >= 4 is 8.32 Å². The highest BCUT2D eigenvalue weighted by atomic mass is 28.4. The first-order chi connectivity index (χ1) is 16.1. The van der Waals surface area contributed by atoms with Gasteiger partial charge >= 0.3 is 0 Å². The van der Waals surface area contributed by atoms with Crippen LogP contribution in [0.4, 0.5) is 0 Å². The summed E-state index contributed by atoms with van der Waals surface area (Å²) in [5.41, 5.74) is 1.52. The van der Waals surface area contributed by atoms with Gasteiger partial charge in [0.2, 0.25) is 0 Å². The van der Waals surface area contributed by atoms with E-state index < -0.39 is 13.9 Å². The number of aryl methyl sites for hydroxylation is 1. The number of hydrogen-bond acceptors (Lipinski definition) is 3. The van der Waals surface area contributed by atoms with Gasteiger partial charge in [0.1, 0.15) is 5.60 Å². The Morgan fingerprint density at radius 1 is 1.12 bits per heavy atom. The van der Waals surface area contributed by atoms with Gasteiger partial charge in [0.05, 0.1) is 6.10 Å². The van der Waals surface area contributed by atoms with Crippen LogP contribution in [0.2, 0.25) is 18.1 Å². The molecule has 3 atom stereocenters. The van der Waals surface area contributed by atoms with Crippen molar-refractivity contribution < 1.29 is 14.3 Å². The van der Waals surface area contributed by atoms with E-state index in [0.29, 0.717) is 0 Å². The molecular weight excluding hydrogens is 436 g/mol. The molecule has 190 valence electrons. The Balaban J connectivity index is 1.90. The van der Waals surface area contributed by atoms with Crippen molar-refractivity contribution in [1.82, 2.24) is 0 Å². The zero-order chi connectivity index (χ0) is 24.8. The molecule has 4 heteroatoms. The molecule has 0 unspecified atom stereocenters. The van der Waals surface area contributed by atoms with Crippen LogP contribution in [0.25, 0.3) is 0 Å². The highest BCUT2D eigenvalue weighted by Crippen LogP contribution is 2.46. The number of unbranched alkanes of at least 4 members (excludes halogenated alkanes) is 1. The molecule has 1 aromatic carbocycles. The van der Waals surface area contributed by atoms with Gasteiger partial charge in [-0.1, -0.05) is 88.9 Å². The molecule has 0 aromatic heterocycles. The van der Waals surface area contributed by atoms with Crippen LogP contribution in [0.1, 0.15) is 82.8 Å². The van der Waals surface area contributed by atoms with Crippen LogP contribution in [0.15, 0.2) is 48.6 Å². The Morgan fingerprint density at radius 3 is 2.50 bits per heavy atom. The summed E-state index contributed by atoms with van der Waals surface area (Å²) in [7, 11) is -0.253. The first-order valence-corrected chi connectivity index (χ1v) is 16.3. The van der Waals surface area contributed by atoms with E-state index in [4.69, 9.17) is 9.16 Å². The van der Waals surface area contributed by atoms with Crippen molar-refractivity contribution in [2.24, 2.45) is 5.92 Å². The Labute approximate surface area is 209 Å². The largest absolute Gasteiger partial charge is 0.410 e. The quantitative estimate of drug-likeness (QED) is 0.200. The molecule has 0 radical (unpaired) electrons. The molecule has 2 aliphatic carbocycles. The van der Waals surface area contributed by atoms with Crippen LogP contribution < -0.4 is 0 Å². The van der Waals surface area contributed by atoms with Gasteiger partial charge in [-0.2, -0.15) is 0 Å². The predicted octanol–water partition coefficient (Wildman–Crippen LogP) is 7.57. The van der Waals surface area contributed by atoms with Crippen molar-refractivity contribution in [3.05, 3.63) is 59.7 Å². The molecule has 3 rings (SSSR count). The third kappa shape index (κ3) is 6.72. The molecule has 0 heterocycles. The van der Waals surface area contributed by atoms with E-state index in [1.165, 1.54) is 36.8 Å². The van der Waals surface area contributed by atoms with Crippen LogP contribution in [0, 0.1) is 5.92 Å². The number of allylic oxidation sites excluding steroid dienone is 1. The molecule has 3 nitrogen and oxygen atoms in total. The number of benzene rings is 1. The van der Waals surface area contributed by atoms with Gasteiger partial charge < -0.3 is 14.3 Å². The standard InChI is InChI=1S/C30H48O3Si/c1-29(2,3)34(5,6)33-27-20-22-30(31,21-13-16-24-14-7-8-15-24)28(27)26-19-10-9-17-25(26)18-11-12-23-32-4/h9-10,13,17,19-22,24,27-28,31H,7-8,11-12,14-16,18,23H2,1-6H3/b21-13+/t27-,28+,30+/m1/s1. The normalized spacial score (nSPS) is 26.2. The summed E-state index contributed by atoms with van der Waals surface area (Å²) in [6.07, 6.45) is 17.8. The fourth-order valence-corrected chi connectivity index (χ4v) is 6.51. The SMILES string of the molecule is COCCCCc1ccccc1[C@H]1[C@H](O[Si](C)(C)C(C)(C)C)C=C[C@@]1(O)/C=C/CC1CCCC1. The molecule has 0 aliphatic heterocycles. The average molecular weight is 485 g/mol. The Hall–Kier alpha value is -1.20. The molecule has 1 fully saturated rings. The maximum Gasteiger partial charge on any atom is 0.192 e. The lowest BCUT2D eigenvalue weighted by Gasteiger charge is -2.41. The summed E-state index contributed by atoms with van der Waals surface area (Å²) in [6, 6.07) is 8.67. The van der Waals surface area contributed by atoms with E-state index in [0.717, 1.165) is 38.2 Å². The van der Waals surface area contributed by atoms with Crippen molar-refractivity contribution in [3.63, 3.8) is 0 Å². The number of methoxy groups -OCH3 is 1. The lowest BCUT2D eigenvalue weighted by Crippen LogP contribution is -2.46. The van der Waals surface area contributed by atoms with E-state index >= 15 is 0 Å². The third-order valence-electron chi connectivity index (χ3n) is 8.38.